The van der Waals surface area contributed by atoms with E-state index in [2.05, 4.69) is 20.0 Å². The number of pyridine rings is 1. The molecule has 0 aliphatic carbocycles. The quantitative estimate of drug-likeness (QED) is 0.686. The molecule has 0 atom stereocenters. The zero-order valence-corrected chi connectivity index (χ0v) is 14.4. The van der Waals surface area contributed by atoms with Crippen molar-refractivity contribution >= 4 is 17.7 Å². The predicted octanol–water partition coefficient (Wildman–Crippen LogP) is 1.75. The van der Waals surface area contributed by atoms with Crippen LogP contribution in [0.25, 0.3) is 5.82 Å². The Morgan fingerprint density at radius 3 is 2.70 bits per heavy atom. The number of nitrogens with two attached hydrogens (primary N) is 1. The molecule has 2 N–H and O–H groups in total. The maximum atomic E-state index is 6.07. The highest BCUT2D eigenvalue weighted by Crippen LogP contribution is 2.12. The molecule has 0 aromatic carbocycles. The standard InChI is InChI=1S/C16H22N6S/c1-12-9-13(2)22(20-12)15-4-3-14(10-18-15)11-19-16(17)21-5-7-23-8-6-21/h3-4,9-10H,5-8,11H2,1-2H3,(H2,17,19). The minimum Gasteiger partial charge on any atom is -0.370 e. The first-order chi connectivity index (χ1) is 11.1. The summed E-state index contributed by atoms with van der Waals surface area (Å²) in [4.78, 5) is 11.1. The fraction of sp³-hybridized carbons (Fsp3) is 0.438. The number of guanidine groups is 1. The summed E-state index contributed by atoms with van der Waals surface area (Å²) >= 11 is 1.96. The molecule has 0 unspecified atom stereocenters. The molecule has 0 radical (unpaired) electrons. The minimum atomic E-state index is 0.555. The van der Waals surface area contributed by atoms with Gasteiger partial charge in [-0.1, -0.05) is 6.07 Å². The van der Waals surface area contributed by atoms with Crippen LogP contribution in [0.15, 0.2) is 29.4 Å². The van der Waals surface area contributed by atoms with Crippen molar-refractivity contribution in [3.05, 3.63) is 41.3 Å². The van der Waals surface area contributed by atoms with Crippen molar-refractivity contribution in [2.75, 3.05) is 24.6 Å². The van der Waals surface area contributed by atoms with Gasteiger partial charge in [0.1, 0.15) is 0 Å². The van der Waals surface area contributed by atoms with Crippen LogP contribution in [0.5, 0.6) is 0 Å². The molecule has 0 saturated carbocycles. The number of aromatic nitrogens is 3. The van der Waals surface area contributed by atoms with E-state index in [-0.39, 0.29) is 0 Å². The number of nitrogens with zero attached hydrogens (tertiary/aromatic N) is 5. The summed E-state index contributed by atoms with van der Waals surface area (Å²) in [5.41, 5.74) is 9.19. The van der Waals surface area contributed by atoms with E-state index < -0.39 is 0 Å². The van der Waals surface area contributed by atoms with Gasteiger partial charge < -0.3 is 10.6 Å². The Balaban J connectivity index is 1.66. The van der Waals surface area contributed by atoms with E-state index in [0.29, 0.717) is 12.5 Å². The van der Waals surface area contributed by atoms with E-state index in [1.807, 2.05) is 54.7 Å². The monoisotopic (exact) mass is 330 g/mol. The zero-order valence-electron chi connectivity index (χ0n) is 13.6. The van der Waals surface area contributed by atoms with E-state index >= 15 is 0 Å². The predicted molar refractivity (Wildman–Crippen MR) is 95.1 cm³/mol. The average Bonchev–Trinajstić information content (AvgIpc) is 2.92. The molecule has 7 heteroatoms. The highest BCUT2D eigenvalue weighted by molar-refractivity contribution is 7.99. The van der Waals surface area contributed by atoms with Crippen molar-refractivity contribution in [1.82, 2.24) is 19.7 Å². The molecule has 0 bridgehead atoms. The summed E-state index contributed by atoms with van der Waals surface area (Å²) in [5, 5.41) is 4.44. The van der Waals surface area contributed by atoms with Crippen LogP contribution >= 0.6 is 11.8 Å². The van der Waals surface area contributed by atoms with Crippen LogP contribution in [0.1, 0.15) is 17.0 Å². The van der Waals surface area contributed by atoms with Gasteiger partial charge in [-0.2, -0.15) is 16.9 Å². The van der Waals surface area contributed by atoms with E-state index in [4.69, 9.17) is 5.73 Å². The van der Waals surface area contributed by atoms with Crippen molar-refractivity contribution in [2.45, 2.75) is 20.4 Å². The van der Waals surface area contributed by atoms with Gasteiger partial charge in [0, 0.05) is 36.5 Å². The van der Waals surface area contributed by atoms with Crippen molar-refractivity contribution in [3.8, 4) is 5.82 Å². The number of thioether (sulfide) groups is 1. The average molecular weight is 330 g/mol. The number of aryl methyl sites for hydroxylation is 2. The fourth-order valence-corrected chi connectivity index (χ4v) is 3.46. The van der Waals surface area contributed by atoms with Gasteiger partial charge in [-0.05, 0) is 31.5 Å². The molecule has 1 saturated heterocycles. The summed E-state index contributed by atoms with van der Waals surface area (Å²) in [6.07, 6.45) is 1.84. The minimum absolute atomic E-state index is 0.555. The third kappa shape index (κ3) is 3.85. The molecular weight excluding hydrogens is 308 g/mol. The molecule has 1 aliphatic rings. The van der Waals surface area contributed by atoms with E-state index in [0.717, 1.165) is 47.4 Å². The van der Waals surface area contributed by atoms with Gasteiger partial charge in [-0.15, -0.1) is 0 Å². The van der Waals surface area contributed by atoms with Crippen molar-refractivity contribution in [2.24, 2.45) is 10.7 Å². The van der Waals surface area contributed by atoms with Gasteiger partial charge in [0.2, 0.25) is 0 Å². The second-order valence-corrected chi connectivity index (χ2v) is 6.86. The molecule has 23 heavy (non-hydrogen) atoms. The summed E-state index contributed by atoms with van der Waals surface area (Å²) in [6.45, 7) is 6.52. The zero-order chi connectivity index (χ0) is 16.2. The lowest BCUT2D eigenvalue weighted by Crippen LogP contribution is -2.42. The molecule has 0 amide bonds. The molecule has 2 aromatic heterocycles. The molecule has 1 fully saturated rings. The third-order valence-electron chi connectivity index (χ3n) is 3.79. The molecule has 6 nitrogen and oxygen atoms in total. The van der Waals surface area contributed by atoms with Crippen molar-refractivity contribution in [3.63, 3.8) is 0 Å². The van der Waals surface area contributed by atoms with E-state index in [9.17, 15) is 0 Å². The first-order valence-corrected chi connectivity index (χ1v) is 8.90. The summed E-state index contributed by atoms with van der Waals surface area (Å²) in [7, 11) is 0. The molecule has 2 aromatic rings. The second kappa shape index (κ2) is 7.04. The fourth-order valence-electron chi connectivity index (χ4n) is 2.56. The maximum absolute atomic E-state index is 6.07. The normalized spacial score (nSPS) is 15.9. The molecule has 3 rings (SSSR count). The lowest BCUT2D eigenvalue weighted by molar-refractivity contribution is 0.455. The summed E-state index contributed by atoms with van der Waals surface area (Å²) in [5.74, 6) is 3.70. The Bertz CT molecular complexity index is 685. The Labute approximate surface area is 140 Å². The highest BCUT2D eigenvalue weighted by atomic mass is 32.2. The Morgan fingerprint density at radius 2 is 2.09 bits per heavy atom. The van der Waals surface area contributed by atoms with Crippen LogP contribution in [-0.2, 0) is 6.54 Å². The molecule has 3 heterocycles. The van der Waals surface area contributed by atoms with Gasteiger partial charge >= 0.3 is 0 Å². The smallest absolute Gasteiger partial charge is 0.191 e. The SMILES string of the molecule is Cc1cc(C)n(-c2ccc(CN=C(N)N3CCSCC3)cn2)n1. The van der Waals surface area contributed by atoms with Gasteiger partial charge in [-0.3, -0.25) is 0 Å². The van der Waals surface area contributed by atoms with Crippen LogP contribution in [0.2, 0.25) is 0 Å². The van der Waals surface area contributed by atoms with Gasteiger partial charge in [0.15, 0.2) is 11.8 Å². The lowest BCUT2D eigenvalue weighted by atomic mass is 10.3. The van der Waals surface area contributed by atoms with Crippen LogP contribution in [-0.4, -0.2) is 50.2 Å². The van der Waals surface area contributed by atoms with Crippen molar-refractivity contribution in [1.29, 1.82) is 0 Å². The van der Waals surface area contributed by atoms with Crippen LogP contribution in [0.4, 0.5) is 0 Å². The van der Waals surface area contributed by atoms with E-state index in [1.54, 1.807) is 0 Å². The van der Waals surface area contributed by atoms with Gasteiger partial charge in [0.05, 0.1) is 12.2 Å². The Morgan fingerprint density at radius 1 is 1.30 bits per heavy atom. The lowest BCUT2D eigenvalue weighted by Gasteiger charge is -2.27. The summed E-state index contributed by atoms with van der Waals surface area (Å²) < 4.78 is 1.85. The number of rotatable bonds is 3. The Kier molecular flexibility index (Phi) is 4.85. The number of aliphatic imine (C=N–C) groups is 1. The topological polar surface area (TPSA) is 72.3 Å². The second-order valence-electron chi connectivity index (χ2n) is 5.64. The number of hydrogen-bond donors (Lipinski definition) is 1. The van der Waals surface area contributed by atoms with Crippen LogP contribution in [0, 0.1) is 13.8 Å². The maximum Gasteiger partial charge on any atom is 0.191 e. The largest absolute Gasteiger partial charge is 0.370 e. The van der Waals surface area contributed by atoms with Gasteiger partial charge in [0.25, 0.3) is 0 Å². The molecule has 0 spiro atoms. The van der Waals surface area contributed by atoms with E-state index in [1.165, 1.54) is 0 Å². The summed E-state index contributed by atoms with van der Waals surface area (Å²) in [6, 6.07) is 6.04. The third-order valence-corrected chi connectivity index (χ3v) is 4.74. The number of hydrogen-bond acceptors (Lipinski definition) is 4. The van der Waals surface area contributed by atoms with Crippen LogP contribution < -0.4 is 5.73 Å². The van der Waals surface area contributed by atoms with Gasteiger partial charge in [-0.25, -0.2) is 14.7 Å². The first kappa shape index (κ1) is 15.9. The molecule has 1 aliphatic heterocycles. The molecule has 122 valence electrons. The molecular formula is C16H22N6S. The Hall–Kier alpha value is -2.02. The first-order valence-electron chi connectivity index (χ1n) is 7.74. The highest BCUT2D eigenvalue weighted by Gasteiger charge is 2.12. The van der Waals surface area contributed by atoms with Crippen LogP contribution in [0.3, 0.4) is 0 Å². The van der Waals surface area contributed by atoms with Crippen molar-refractivity contribution < 1.29 is 0 Å².